The Hall–Kier alpha value is -1.79. The molecule has 0 bridgehead atoms. The van der Waals surface area contributed by atoms with Gasteiger partial charge in [0.05, 0.1) is 0 Å². The molecule has 1 atom stereocenters. The second-order valence-electron chi connectivity index (χ2n) is 2.21. The predicted molar refractivity (Wildman–Crippen MR) is 41.0 cm³/mol. The second kappa shape index (κ2) is 3.07. The van der Waals surface area contributed by atoms with Crippen LogP contribution in [-0.4, -0.2) is 22.1 Å². The second-order valence-corrected chi connectivity index (χ2v) is 2.21. The number of aromatic nitrogens is 2. The van der Waals surface area contributed by atoms with Crippen molar-refractivity contribution in [1.29, 1.82) is 0 Å². The molecular weight excluding hydrogens is 162 g/mol. The van der Waals surface area contributed by atoms with Gasteiger partial charge in [-0.1, -0.05) is 10.2 Å². The Bertz CT molecular complexity index is 283. The van der Waals surface area contributed by atoms with Gasteiger partial charge in [0.25, 0.3) is 0 Å². The molecule has 0 saturated carbocycles. The fraction of sp³-hybridized carbons (Fsp3) is 0.400. The van der Waals surface area contributed by atoms with Crippen molar-refractivity contribution in [1.82, 2.24) is 10.2 Å². The van der Waals surface area contributed by atoms with Gasteiger partial charge in [-0.2, -0.15) is 0 Å². The summed E-state index contributed by atoms with van der Waals surface area (Å²) in [5, 5.41) is 9.42. The highest BCUT2D eigenvalue weighted by molar-refractivity contribution is 5.81. The summed E-state index contributed by atoms with van der Waals surface area (Å²) in [4.78, 5) is 10.5. The molecule has 1 heterocycles. The van der Waals surface area contributed by atoms with Crippen molar-refractivity contribution >= 4 is 17.9 Å². The lowest BCUT2D eigenvalue weighted by Gasteiger charge is -2.05. The first-order valence-corrected chi connectivity index (χ1v) is 3.24. The van der Waals surface area contributed by atoms with Crippen molar-refractivity contribution in [3.8, 4) is 0 Å². The van der Waals surface area contributed by atoms with Gasteiger partial charge in [0.15, 0.2) is 0 Å². The quantitative estimate of drug-likeness (QED) is 0.533. The Morgan fingerprint density at radius 3 is 2.75 bits per heavy atom. The molecule has 1 aromatic rings. The number of rotatable bonds is 3. The first kappa shape index (κ1) is 8.31. The van der Waals surface area contributed by atoms with Crippen LogP contribution in [0.5, 0.6) is 0 Å². The van der Waals surface area contributed by atoms with E-state index >= 15 is 0 Å². The van der Waals surface area contributed by atoms with E-state index in [4.69, 9.17) is 15.9 Å². The van der Waals surface area contributed by atoms with Crippen LogP contribution in [0, 0.1) is 0 Å². The number of primary amides is 1. The highest BCUT2D eigenvalue weighted by atomic mass is 16.4. The largest absolute Gasteiger partial charge is 0.390 e. The molecule has 12 heavy (non-hydrogen) atoms. The summed E-state index contributed by atoms with van der Waals surface area (Å²) >= 11 is 0. The molecule has 0 radical (unpaired) electrons. The third kappa shape index (κ3) is 1.84. The van der Waals surface area contributed by atoms with E-state index in [1.54, 1.807) is 6.92 Å². The number of amides is 1. The Labute approximate surface area is 68.1 Å². The SMILES string of the molecule is CC(Nc1nnc(N)o1)C(N)=O. The van der Waals surface area contributed by atoms with Gasteiger partial charge in [0.1, 0.15) is 6.04 Å². The summed E-state index contributed by atoms with van der Waals surface area (Å²) in [7, 11) is 0. The maximum Gasteiger partial charge on any atom is 0.317 e. The molecule has 0 spiro atoms. The molecular formula is C5H9N5O2. The summed E-state index contributed by atoms with van der Waals surface area (Å²) in [5.41, 5.74) is 10.1. The first-order valence-electron chi connectivity index (χ1n) is 3.24. The fourth-order valence-corrected chi connectivity index (χ4v) is 0.549. The molecule has 0 fully saturated rings. The van der Waals surface area contributed by atoms with Crippen LogP contribution in [0.15, 0.2) is 4.42 Å². The minimum Gasteiger partial charge on any atom is -0.390 e. The number of carbonyl (C=O) groups is 1. The Morgan fingerprint density at radius 1 is 1.67 bits per heavy atom. The molecule has 1 amide bonds. The van der Waals surface area contributed by atoms with Crippen LogP contribution in [0.4, 0.5) is 12.0 Å². The smallest absolute Gasteiger partial charge is 0.317 e. The lowest BCUT2D eigenvalue weighted by molar-refractivity contribution is -0.118. The average Bonchev–Trinajstić information content (AvgIpc) is 2.35. The molecule has 0 aliphatic heterocycles. The van der Waals surface area contributed by atoms with Crippen molar-refractivity contribution in [2.24, 2.45) is 5.73 Å². The van der Waals surface area contributed by atoms with Gasteiger partial charge in [0, 0.05) is 0 Å². The number of carbonyl (C=O) groups excluding carboxylic acids is 1. The lowest BCUT2D eigenvalue weighted by Crippen LogP contribution is -2.32. The van der Waals surface area contributed by atoms with Crippen molar-refractivity contribution in [3.05, 3.63) is 0 Å². The molecule has 7 nitrogen and oxygen atoms in total. The van der Waals surface area contributed by atoms with Crippen molar-refractivity contribution in [2.75, 3.05) is 11.1 Å². The van der Waals surface area contributed by atoms with E-state index < -0.39 is 11.9 Å². The van der Waals surface area contributed by atoms with E-state index in [0.717, 1.165) is 0 Å². The van der Waals surface area contributed by atoms with E-state index in [-0.39, 0.29) is 12.0 Å². The summed E-state index contributed by atoms with van der Waals surface area (Å²) in [6, 6.07) is -0.544. The van der Waals surface area contributed by atoms with Crippen molar-refractivity contribution in [2.45, 2.75) is 13.0 Å². The van der Waals surface area contributed by atoms with Crippen LogP contribution < -0.4 is 16.8 Å². The van der Waals surface area contributed by atoms with Crippen LogP contribution in [0.3, 0.4) is 0 Å². The van der Waals surface area contributed by atoms with Crippen LogP contribution in [0.25, 0.3) is 0 Å². The molecule has 0 aliphatic carbocycles. The minimum absolute atomic E-state index is 0.0610. The zero-order valence-corrected chi connectivity index (χ0v) is 6.44. The molecule has 5 N–H and O–H groups in total. The van der Waals surface area contributed by atoms with Crippen LogP contribution >= 0.6 is 0 Å². The molecule has 0 aliphatic rings. The third-order valence-electron chi connectivity index (χ3n) is 1.21. The number of nitrogens with two attached hydrogens (primary N) is 2. The highest BCUT2D eigenvalue weighted by Crippen LogP contribution is 2.06. The Balaban J connectivity index is 2.58. The summed E-state index contributed by atoms with van der Waals surface area (Å²) in [5.74, 6) is -0.508. The normalized spacial score (nSPS) is 12.4. The van der Waals surface area contributed by atoms with Gasteiger partial charge in [0.2, 0.25) is 5.91 Å². The molecule has 1 rings (SSSR count). The van der Waals surface area contributed by atoms with E-state index in [1.165, 1.54) is 0 Å². The van der Waals surface area contributed by atoms with E-state index in [2.05, 4.69) is 15.5 Å². The number of hydrogen-bond acceptors (Lipinski definition) is 6. The van der Waals surface area contributed by atoms with Gasteiger partial charge in [-0.3, -0.25) is 4.79 Å². The minimum atomic E-state index is -0.565. The summed E-state index contributed by atoms with van der Waals surface area (Å²) < 4.78 is 4.74. The Kier molecular flexibility index (Phi) is 2.13. The molecule has 0 saturated heterocycles. The molecule has 66 valence electrons. The number of nitrogens with zero attached hydrogens (tertiary/aromatic N) is 2. The lowest BCUT2D eigenvalue weighted by atomic mass is 10.3. The first-order chi connectivity index (χ1) is 5.59. The average molecular weight is 171 g/mol. The van der Waals surface area contributed by atoms with Crippen molar-refractivity contribution in [3.63, 3.8) is 0 Å². The van der Waals surface area contributed by atoms with Gasteiger partial charge < -0.3 is 21.2 Å². The molecule has 1 unspecified atom stereocenters. The topological polar surface area (TPSA) is 120 Å². The summed E-state index contributed by atoms with van der Waals surface area (Å²) in [6.07, 6.45) is 0. The van der Waals surface area contributed by atoms with Gasteiger partial charge >= 0.3 is 12.0 Å². The van der Waals surface area contributed by atoms with Crippen molar-refractivity contribution < 1.29 is 9.21 Å². The zero-order valence-electron chi connectivity index (χ0n) is 6.44. The predicted octanol–water partition coefficient (Wildman–Crippen LogP) is -1.06. The standard InChI is InChI=1S/C5H9N5O2/c1-2(3(6)11)8-5-10-9-4(7)12-5/h2H,1H3,(H2,6,11)(H2,7,9)(H,8,10). The Morgan fingerprint density at radius 2 is 2.33 bits per heavy atom. The van der Waals surface area contributed by atoms with Crippen LogP contribution in [0.2, 0.25) is 0 Å². The van der Waals surface area contributed by atoms with Gasteiger partial charge in [-0.05, 0) is 6.92 Å². The summed E-state index contributed by atoms with van der Waals surface area (Å²) in [6.45, 7) is 1.57. The van der Waals surface area contributed by atoms with Gasteiger partial charge in [-0.15, -0.1) is 0 Å². The number of hydrogen-bond donors (Lipinski definition) is 3. The maximum absolute atomic E-state index is 10.5. The zero-order chi connectivity index (χ0) is 9.14. The monoisotopic (exact) mass is 171 g/mol. The van der Waals surface area contributed by atoms with E-state index in [1.807, 2.05) is 0 Å². The number of anilines is 2. The van der Waals surface area contributed by atoms with Crippen LogP contribution in [-0.2, 0) is 4.79 Å². The maximum atomic E-state index is 10.5. The molecule has 0 aromatic carbocycles. The molecule has 7 heteroatoms. The van der Waals surface area contributed by atoms with E-state index in [9.17, 15) is 4.79 Å². The van der Waals surface area contributed by atoms with E-state index in [0.29, 0.717) is 0 Å². The number of nitrogens with one attached hydrogen (secondary N) is 1. The molecule has 1 aromatic heterocycles. The number of nitrogen functional groups attached to an aromatic ring is 1. The highest BCUT2D eigenvalue weighted by Gasteiger charge is 2.11. The van der Waals surface area contributed by atoms with Gasteiger partial charge in [-0.25, -0.2) is 0 Å². The third-order valence-corrected chi connectivity index (χ3v) is 1.21. The van der Waals surface area contributed by atoms with Crippen LogP contribution in [0.1, 0.15) is 6.92 Å². The fourth-order valence-electron chi connectivity index (χ4n) is 0.549.